The molecular weight excluding hydrogens is 556 g/mol. The predicted molar refractivity (Wildman–Crippen MR) is 174 cm³/mol. The van der Waals surface area contributed by atoms with Crippen LogP contribution in [-0.2, 0) is 4.79 Å². The summed E-state index contributed by atoms with van der Waals surface area (Å²) in [7, 11) is 0. The Labute approximate surface area is 258 Å². The lowest BCUT2D eigenvalue weighted by Gasteiger charge is -2.23. The van der Waals surface area contributed by atoms with Gasteiger partial charge in [0.2, 0.25) is 5.91 Å². The van der Waals surface area contributed by atoms with Crippen molar-refractivity contribution in [2.75, 3.05) is 5.75 Å². The number of hydrogen-bond donors (Lipinski definition) is 1. The summed E-state index contributed by atoms with van der Waals surface area (Å²) in [5.41, 5.74) is 4.80. The lowest BCUT2D eigenvalue weighted by atomic mass is 9.91. The number of thioether (sulfide) groups is 1. The van der Waals surface area contributed by atoms with Crippen LogP contribution in [-0.4, -0.2) is 27.3 Å². The Morgan fingerprint density at radius 2 is 1.84 bits per heavy atom. The summed E-state index contributed by atoms with van der Waals surface area (Å²) in [6, 6.07) is 19.0. The van der Waals surface area contributed by atoms with Gasteiger partial charge in [0, 0.05) is 22.7 Å². The zero-order chi connectivity index (χ0) is 30.9. The number of furan rings is 1. The summed E-state index contributed by atoms with van der Waals surface area (Å²) in [6.45, 7) is 10.0. The molecule has 0 saturated heterocycles. The van der Waals surface area contributed by atoms with Crippen LogP contribution in [0.3, 0.4) is 0 Å². The van der Waals surface area contributed by atoms with Crippen LogP contribution < -0.4 is 10.9 Å². The first-order chi connectivity index (χ1) is 20.9. The van der Waals surface area contributed by atoms with Crippen LogP contribution in [0, 0.1) is 18.3 Å². The van der Waals surface area contributed by atoms with E-state index in [1.165, 1.54) is 18.2 Å². The number of nitrogens with one attached hydrogen (secondary N) is 1. The van der Waals surface area contributed by atoms with Gasteiger partial charge in [-0.2, -0.15) is 5.26 Å². The Hall–Kier alpha value is -4.09. The van der Waals surface area contributed by atoms with Crippen molar-refractivity contribution >= 4 is 17.7 Å². The third-order valence-electron chi connectivity index (χ3n) is 7.57. The van der Waals surface area contributed by atoms with E-state index in [9.17, 15) is 14.9 Å². The topological polar surface area (TPSA) is 101 Å². The van der Waals surface area contributed by atoms with E-state index in [0.717, 1.165) is 48.1 Å². The van der Waals surface area contributed by atoms with Crippen LogP contribution in [0.4, 0.5) is 0 Å². The number of hydrogen-bond acceptors (Lipinski definition) is 6. The number of rotatable bonds is 8. The Morgan fingerprint density at radius 1 is 1.12 bits per heavy atom. The molecule has 5 rings (SSSR count). The van der Waals surface area contributed by atoms with Gasteiger partial charge in [-0.1, -0.05) is 70.9 Å². The number of carbonyl (C=O) groups is 1. The Bertz CT molecular complexity index is 1630. The molecule has 1 aliphatic carbocycles. The normalized spacial score (nSPS) is 13.2. The van der Waals surface area contributed by atoms with Gasteiger partial charge < -0.3 is 9.73 Å². The standard InChI is InChI=1S/C33H34N4O3S.C2H6/c1-21(2)27-16-13-24(29-10-7-17-40-29)18-28(27)31-22(3)32(39)37(26-14-11-23(19-34)12-15-26)33(36-31)41-20-30(38)35-25-8-5-4-6-9-25;1-2/h7,10-18,21,25H,4-6,8-9,20H2,1-3H3,(H,35,38);1-2H3. The molecule has 2 aromatic carbocycles. The number of amides is 1. The van der Waals surface area contributed by atoms with Crippen molar-refractivity contribution in [3.63, 3.8) is 0 Å². The molecule has 1 saturated carbocycles. The van der Waals surface area contributed by atoms with Crippen molar-refractivity contribution in [2.24, 2.45) is 0 Å². The quantitative estimate of drug-likeness (QED) is 0.163. The summed E-state index contributed by atoms with van der Waals surface area (Å²) < 4.78 is 7.20. The monoisotopic (exact) mass is 596 g/mol. The molecule has 43 heavy (non-hydrogen) atoms. The van der Waals surface area contributed by atoms with E-state index in [2.05, 4.69) is 31.3 Å². The van der Waals surface area contributed by atoms with Gasteiger partial charge in [-0.05, 0) is 73.7 Å². The van der Waals surface area contributed by atoms with Gasteiger partial charge in [0.15, 0.2) is 5.16 Å². The van der Waals surface area contributed by atoms with Crippen LogP contribution in [0.5, 0.6) is 0 Å². The molecule has 2 heterocycles. The molecule has 0 bridgehead atoms. The second-order valence-electron chi connectivity index (χ2n) is 10.8. The number of nitrogens with zero attached hydrogens (tertiary/aromatic N) is 3. The highest BCUT2D eigenvalue weighted by molar-refractivity contribution is 7.99. The fraction of sp³-hybridized carbons (Fsp3) is 0.371. The van der Waals surface area contributed by atoms with E-state index in [4.69, 9.17) is 9.40 Å². The molecule has 0 unspecified atom stereocenters. The summed E-state index contributed by atoms with van der Waals surface area (Å²) in [4.78, 5) is 32.0. The van der Waals surface area contributed by atoms with E-state index < -0.39 is 0 Å². The molecule has 224 valence electrons. The highest BCUT2D eigenvalue weighted by atomic mass is 32.2. The zero-order valence-corrected chi connectivity index (χ0v) is 26.5. The second-order valence-corrected chi connectivity index (χ2v) is 11.7. The number of benzene rings is 2. The molecule has 0 atom stereocenters. The number of nitriles is 1. The molecule has 0 aliphatic heterocycles. The van der Waals surface area contributed by atoms with E-state index in [-0.39, 0.29) is 29.2 Å². The van der Waals surface area contributed by atoms with E-state index >= 15 is 0 Å². The molecule has 1 N–H and O–H groups in total. The van der Waals surface area contributed by atoms with Crippen LogP contribution >= 0.6 is 11.8 Å². The van der Waals surface area contributed by atoms with Gasteiger partial charge >= 0.3 is 0 Å². The first-order valence-electron chi connectivity index (χ1n) is 15.1. The average Bonchev–Trinajstić information content (AvgIpc) is 3.58. The molecule has 1 fully saturated rings. The third-order valence-corrected chi connectivity index (χ3v) is 8.51. The minimum atomic E-state index is -0.215. The van der Waals surface area contributed by atoms with Crippen molar-refractivity contribution in [2.45, 2.75) is 83.8 Å². The van der Waals surface area contributed by atoms with E-state index in [1.807, 2.05) is 38.1 Å². The molecule has 4 aromatic rings. The van der Waals surface area contributed by atoms with Gasteiger partial charge in [-0.3, -0.25) is 14.2 Å². The van der Waals surface area contributed by atoms with Crippen LogP contribution in [0.15, 0.2) is 75.2 Å². The van der Waals surface area contributed by atoms with Gasteiger partial charge in [0.05, 0.1) is 35.0 Å². The molecule has 7 nitrogen and oxygen atoms in total. The molecule has 1 aliphatic rings. The van der Waals surface area contributed by atoms with Crippen molar-refractivity contribution in [1.29, 1.82) is 5.26 Å². The maximum atomic E-state index is 14.0. The SMILES string of the molecule is CC.Cc1c(-c2cc(-c3ccco3)ccc2C(C)C)nc(SCC(=O)NC2CCCCC2)n(-c2ccc(C#N)cc2)c1=O. The zero-order valence-electron chi connectivity index (χ0n) is 25.6. The fourth-order valence-corrected chi connectivity index (χ4v) is 6.18. The Kier molecular flexibility index (Phi) is 11.0. The number of aromatic nitrogens is 2. The lowest BCUT2D eigenvalue weighted by molar-refractivity contribution is -0.119. The van der Waals surface area contributed by atoms with Crippen LogP contribution in [0.25, 0.3) is 28.3 Å². The highest BCUT2D eigenvalue weighted by Crippen LogP contribution is 2.35. The molecule has 8 heteroatoms. The van der Waals surface area contributed by atoms with Gasteiger partial charge in [-0.25, -0.2) is 4.98 Å². The average molecular weight is 597 g/mol. The van der Waals surface area contributed by atoms with Crippen LogP contribution in [0.2, 0.25) is 0 Å². The lowest BCUT2D eigenvalue weighted by Crippen LogP contribution is -2.37. The van der Waals surface area contributed by atoms with Crippen molar-refractivity contribution in [1.82, 2.24) is 14.9 Å². The van der Waals surface area contributed by atoms with Gasteiger partial charge in [0.25, 0.3) is 5.56 Å². The predicted octanol–water partition coefficient (Wildman–Crippen LogP) is 8.03. The molecule has 0 radical (unpaired) electrons. The van der Waals surface area contributed by atoms with Crippen molar-refractivity contribution < 1.29 is 9.21 Å². The summed E-state index contributed by atoms with van der Waals surface area (Å²) >= 11 is 1.25. The first kappa shape index (κ1) is 31.8. The number of carbonyl (C=O) groups excluding carboxylic acids is 1. The third kappa shape index (κ3) is 7.47. The fourth-order valence-electron chi connectivity index (χ4n) is 5.36. The van der Waals surface area contributed by atoms with Gasteiger partial charge in [0.1, 0.15) is 5.76 Å². The molecule has 0 spiro atoms. The van der Waals surface area contributed by atoms with Crippen LogP contribution in [0.1, 0.15) is 82.4 Å². The first-order valence-corrected chi connectivity index (χ1v) is 16.1. The summed E-state index contributed by atoms with van der Waals surface area (Å²) in [5, 5.41) is 12.9. The Morgan fingerprint density at radius 3 is 2.47 bits per heavy atom. The maximum Gasteiger partial charge on any atom is 0.262 e. The largest absolute Gasteiger partial charge is 0.464 e. The molecular formula is C35H40N4O3S. The molecule has 2 aromatic heterocycles. The summed E-state index contributed by atoms with van der Waals surface area (Å²) in [5.74, 6) is 1.01. The molecule has 1 amide bonds. The van der Waals surface area contributed by atoms with Crippen molar-refractivity contribution in [3.05, 3.63) is 87.9 Å². The second kappa shape index (κ2) is 14.9. The smallest absolute Gasteiger partial charge is 0.262 e. The Balaban J connectivity index is 0.00000207. The minimum absolute atomic E-state index is 0.0626. The van der Waals surface area contributed by atoms with E-state index in [0.29, 0.717) is 27.7 Å². The highest BCUT2D eigenvalue weighted by Gasteiger charge is 2.22. The van der Waals surface area contributed by atoms with Crippen molar-refractivity contribution in [3.8, 4) is 34.3 Å². The summed E-state index contributed by atoms with van der Waals surface area (Å²) in [6.07, 6.45) is 7.13. The van der Waals surface area contributed by atoms with E-state index in [1.54, 1.807) is 42.0 Å². The van der Waals surface area contributed by atoms with Gasteiger partial charge in [-0.15, -0.1) is 0 Å². The maximum absolute atomic E-state index is 14.0. The minimum Gasteiger partial charge on any atom is -0.464 e.